The lowest BCUT2D eigenvalue weighted by atomic mass is 10.2. The van der Waals surface area contributed by atoms with Crippen molar-refractivity contribution in [1.82, 2.24) is 14.8 Å². The van der Waals surface area contributed by atoms with E-state index in [2.05, 4.69) is 5.32 Å². The molecule has 8 nitrogen and oxygen atoms in total. The van der Waals surface area contributed by atoms with E-state index in [4.69, 9.17) is 4.42 Å². The summed E-state index contributed by atoms with van der Waals surface area (Å²) in [5.41, 5.74) is 0.652. The fourth-order valence-electron chi connectivity index (χ4n) is 3.70. The van der Waals surface area contributed by atoms with Crippen LogP contribution in [0.3, 0.4) is 0 Å². The second-order valence-corrected chi connectivity index (χ2v) is 9.30. The number of hydrogen-bond donors (Lipinski definition) is 1. The van der Waals surface area contributed by atoms with Crippen LogP contribution in [0.4, 0.5) is 0 Å². The Morgan fingerprint density at radius 2 is 1.83 bits per heavy atom. The van der Waals surface area contributed by atoms with Gasteiger partial charge in [-0.15, -0.1) is 0 Å². The summed E-state index contributed by atoms with van der Waals surface area (Å²) >= 11 is 0. The molecule has 158 valence electrons. The van der Waals surface area contributed by atoms with E-state index in [1.165, 1.54) is 12.5 Å². The maximum atomic E-state index is 13.0. The molecule has 0 radical (unpaired) electrons. The van der Waals surface area contributed by atoms with E-state index in [-0.39, 0.29) is 23.9 Å². The van der Waals surface area contributed by atoms with Gasteiger partial charge in [0.1, 0.15) is 18.1 Å². The van der Waals surface area contributed by atoms with Crippen molar-refractivity contribution >= 4 is 32.6 Å². The van der Waals surface area contributed by atoms with Crippen LogP contribution in [0, 0.1) is 0 Å². The Kier molecular flexibility index (Phi) is 5.63. The van der Waals surface area contributed by atoms with Gasteiger partial charge in [-0.1, -0.05) is 18.2 Å². The smallest absolute Gasteiger partial charge is 0.242 e. The van der Waals surface area contributed by atoms with Gasteiger partial charge in [0.15, 0.2) is 9.84 Å². The van der Waals surface area contributed by atoms with E-state index in [1.807, 2.05) is 0 Å². The summed E-state index contributed by atoms with van der Waals surface area (Å²) in [5, 5.41) is 3.06. The van der Waals surface area contributed by atoms with Crippen LogP contribution in [0.2, 0.25) is 0 Å². The van der Waals surface area contributed by atoms with E-state index in [1.54, 1.807) is 45.9 Å². The molecule has 1 aromatic carbocycles. The molecule has 1 N–H and O–H groups in total. The number of furan rings is 1. The average Bonchev–Trinajstić information content (AvgIpc) is 3.47. The molecule has 2 aromatic heterocycles. The van der Waals surface area contributed by atoms with E-state index < -0.39 is 21.5 Å². The maximum Gasteiger partial charge on any atom is 0.242 e. The zero-order valence-electron chi connectivity index (χ0n) is 16.4. The number of rotatable bonds is 7. The van der Waals surface area contributed by atoms with E-state index >= 15 is 0 Å². The Hall–Kier alpha value is -3.07. The second kappa shape index (κ2) is 8.35. The summed E-state index contributed by atoms with van der Waals surface area (Å²) < 4.78 is 32.8. The number of sulfone groups is 1. The minimum Gasteiger partial charge on any atom is -0.467 e. The molecule has 0 spiro atoms. The third-order valence-electron chi connectivity index (χ3n) is 5.21. The highest BCUT2D eigenvalue weighted by molar-refractivity contribution is 7.92. The first-order valence-corrected chi connectivity index (χ1v) is 11.5. The Balaban J connectivity index is 1.55. The molecule has 1 fully saturated rings. The van der Waals surface area contributed by atoms with Gasteiger partial charge in [-0.3, -0.25) is 9.59 Å². The van der Waals surface area contributed by atoms with Crippen LogP contribution in [0.25, 0.3) is 10.9 Å². The SMILES string of the molecule is O=C(CS(=O)(=O)c1cn(CC(=O)N2CCCC2)c2ccccc12)NCc1ccco1. The van der Waals surface area contributed by atoms with Crippen molar-refractivity contribution in [3.8, 4) is 0 Å². The highest BCUT2D eigenvalue weighted by atomic mass is 32.2. The highest BCUT2D eigenvalue weighted by Gasteiger charge is 2.26. The van der Waals surface area contributed by atoms with Crippen LogP contribution < -0.4 is 5.32 Å². The number of likely N-dealkylation sites (tertiary alicyclic amines) is 1. The lowest BCUT2D eigenvalue weighted by Crippen LogP contribution is -2.31. The molecule has 0 saturated carbocycles. The molecule has 30 heavy (non-hydrogen) atoms. The van der Waals surface area contributed by atoms with Crippen LogP contribution in [-0.4, -0.2) is 48.5 Å². The van der Waals surface area contributed by atoms with Crippen LogP contribution in [-0.2, 0) is 32.5 Å². The van der Waals surface area contributed by atoms with Crippen molar-refractivity contribution in [2.24, 2.45) is 0 Å². The standard InChI is InChI=1S/C21H23N3O5S/c25-20(22-12-16-6-5-11-29-16)15-30(27,28)19-13-24(18-8-2-1-7-17(18)19)14-21(26)23-9-3-4-10-23/h1-2,5-8,11,13H,3-4,9-10,12,14-15H2,(H,22,25). The van der Waals surface area contributed by atoms with E-state index in [0.29, 0.717) is 16.7 Å². The zero-order chi connectivity index (χ0) is 21.1. The zero-order valence-corrected chi connectivity index (χ0v) is 17.2. The van der Waals surface area contributed by atoms with Gasteiger partial charge in [0.2, 0.25) is 11.8 Å². The predicted molar refractivity (Wildman–Crippen MR) is 110 cm³/mol. The van der Waals surface area contributed by atoms with Gasteiger partial charge in [0, 0.05) is 30.2 Å². The Morgan fingerprint density at radius 1 is 1.07 bits per heavy atom. The molecule has 0 aliphatic carbocycles. The molecule has 3 aromatic rings. The normalized spacial score (nSPS) is 14.3. The number of carbonyl (C=O) groups is 2. The molecule has 2 amide bonds. The van der Waals surface area contributed by atoms with Crippen molar-refractivity contribution in [2.45, 2.75) is 30.8 Å². The van der Waals surface area contributed by atoms with Crippen molar-refractivity contribution < 1.29 is 22.4 Å². The van der Waals surface area contributed by atoms with Crippen LogP contribution in [0.15, 0.2) is 58.2 Å². The third-order valence-corrected chi connectivity index (χ3v) is 6.85. The van der Waals surface area contributed by atoms with Crippen molar-refractivity contribution in [2.75, 3.05) is 18.8 Å². The second-order valence-electron chi connectivity index (χ2n) is 7.34. The first-order chi connectivity index (χ1) is 14.4. The lowest BCUT2D eigenvalue weighted by molar-refractivity contribution is -0.130. The van der Waals surface area contributed by atoms with E-state index in [9.17, 15) is 18.0 Å². The van der Waals surface area contributed by atoms with Gasteiger partial charge >= 0.3 is 0 Å². The summed E-state index contributed by atoms with van der Waals surface area (Å²) in [7, 11) is -3.90. The molecule has 0 atom stereocenters. The van der Waals surface area contributed by atoms with Gasteiger partial charge in [0.25, 0.3) is 0 Å². The van der Waals surface area contributed by atoms with Gasteiger partial charge in [-0.25, -0.2) is 8.42 Å². The molecule has 1 aliphatic rings. The summed E-state index contributed by atoms with van der Waals surface area (Å²) in [5.74, 6) is -0.788. The predicted octanol–water partition coefficient (Wildman–Crippen LogP) is 1.95. The fraction of sp³-hybridized carbons (Fsp3) is 0.333. The molecule has 9 heteroatoms. The molecular weight excluding hydrogens is 406 g/mol. The number of hydrogen-bond acceptors (Lipinski definition) is 5. The minimum atomic E-state index is -3.90. The first kappa shape index (κ1) is 20.2. The summed E-state index contributed by atoms with van der Waals surface area (Å²) in [6.45, 7) is 1.66. The van der Waals surface area contributed by atoms with Crippen LogP contribution in [0.5, 0.6) is 0 Å². The number of fused-ring (bicyclic) bond motifs is 1. The van der Waals surface area contributed by atoms with Crippen molar-refractivity contribution in [3.05, 3.63) is 54.6 Å². The number of para-hydroxylation sites is 1. The van der Waals surface area contributed by atoms with Gasteiger partial charge in [0.05, 0.1) is 17.7 Å². The number of nitrogens with zero attached hydrogens (tertiary/aromatic N) is 2. The number of aromatic nitrogens is 1. The number of nitrogens with one attached hydrogen (secondary N) is 1. The van der Waals surface area contributed by atoms with Gasteiger partial charge < -0.3 is 19.2 Å². The Bertz CT molecular complexity index is 1160. The van der Waals surface area contributed by atoms with Crippen LogP contribution >= 0.6 is 0 Å². The summed E-state index contributed by atoms with van der Waals surface area (Å²) in [6, 6.07) is 10.4. The molecule has 4 rings (SSSR count). The molecule has 3 heterocycles. The van der Waals surface area contributed by atoms with Crippen LogP contribution in [0.1, 0.15) is 18.6 Å². The van der Waals surface area contributed by atoms with Crippen molar-refractivity contribution in [1.29, 1.82) is 0 Å². The average molecular weight is 429 g/mol. The largest absolute Gasteiger partial charge is 0.467 e. The van der Waals surface area contributed by atoms with Gasteiger partial charge in [-0.2, -0.15) is 0 Å². The summed E-state index contributed by atoms with van der Waals surface area (Å²) in [4.78, 5) is 26.7. The molecule has 1 saturated heterocycles. The molecule has 0 bridgehead atoms. The molecular formula is C21H23N3O5S. The Labute approximate surface area is 174 Å². The van der Waals surface area contributed by atoms with Crippen molar-refractivity contribution in [3.63, 3.8) is 0 Å². The maximum absolute atomic E-state index is 13.0. The first-order valence-electron chi connectivity index (χ1n) is 9.81. The minimum absolute atomic E-state index is 0.0339. The quantitative estimate of drug-likeness (QED) is 0.619. The number of amides is 2. The number of carbonyl (C=O) groups excluding carboxylic acids is 2. The highest BCUT2D eigenvalue weighted by Crippen LogP contribution is 2.26. The van der Waals surface area contributed by atoms with E-state index in [0.717, 1.165) is 25.9 Å². The monoisotopic (exact) mass is 429 g/mol. The molecule has 0 unspecified atom stereocenters. The molecule has 1 aliphatic heterocycles. The topological polar surface area (TPSA) is 102 Å². The fourth-order valence-corrected chi connectivity index (χ4v) is 5.10. The van der Waals surface area contributed by atoms with Gasteiger partial charge in [-0.05, 0) is 31.0 Å². The Morgan fingerprint density at radius 3 is 2.57 bits per heavy atom. The lowest BCUT2D eigenvalue weighted by Gasteiger charge is -2.15. The summed E-state index contributed by atoms with van der Waals surface area (Å²) in [6.07, 6.45) is 4.93. The number of benzene rings is 1. The third kappa shape index (κ3) is 4.25.